The lowest BCUT2D eigenvalue weighted by atomic mass is 10.00. The summed E-state index contributed by atoms with van der Waals surface area (Å²) in [6.45, 7) is 9.19. The summed E-state index contributed by atoms with van der Waals surface area (Å²) in [6, 6.07) is 8.72. The Morgan fingerprint density at radius 3 is 2.82 bits per heavy atom. The Kier molecular flexibility index (Phi) is 5.78. The van der Waals surface area contributed by atoms with Crippen LogP contribution in [0.5, 0.6) is 5.75 Å². The third-order valence-electron chi connectivity index (χ3n) is 2.70. The van der Waals surface area contributed by atoms with Crippen molar-refractivity contribution in [3.05, 3.63) is 42.0 Å². The maximum absolute atomic E-state index is 5.24. The number of hydrogen-bond donors (Lipinski definition) is 1. The molecule has 1 unspecified atom stereocenters. The van der Waals surface area contributed by atoms with E-state index in [0.29, 0.717) is 6.04 Å². The highest BCUT2D eigenvalue weighted by molar-refractivity contribution is 5.29. The minimum Gasteiger partial charge on any atom is -0.497 e. The fourth-order valence-electron chi connectivity index (χ4n) is 2.01. The van der Waals surface area contributed by atoms with Gasteiger partial charge in [-0.15, -0.1) is 6.58 Å². The molecule has 0 aliphatic carbocycles. The van der Waals surface area contributed by atoms with Gasteiger partial charge >= 0.3 is 0 Å². The second kappa shape index (κ2) is 7.13. The minimum absolute atomic E-state index is 0.463. The molecule has 2 nitrogen and oxygen atoms in total. The molecule has 0 aromatic heterocycles. The van der Waals surface area contributed by atoms with E-state index < -0.39 is 0 Å². The van der Waals surface area contributed by atoms with E-state index in [1.807, 2.05) is 12.1 Å². The van der Waals surface area contributed by atoms with Crippen LogP contribution in [-0.4, -0.2) is 19.7 Å². The van der Waals surface area contributed by atoms with Crippen LogP contribution in [-0.2, 0) is 6.42 Å². The predicted octanol–water partition coefficient (Wildman–Crippen LogP) is 3.18. The summed E-state index contributed by atoms with van der Waals surface area (Å²) in [4.78, 5) is 0. The van der Waals surface area contributed by atoms with Crippen molar-refractivity contribution in [3.8, 4) is 5.75 Å². The number of ether oxygens (including phenoxy) is 1. The predicted molar refractivity (Wildman–Crippen MR) is 73.6 cm³/mol. The molecule has 0 saturated carbocycles. The third kappa shape index (κ3) is 5.05. The standard InChI is InChI=1S/C15H23NO/c1-5-16-14(9-12(2)3)10-13-7-6-8-15(11-13)17-4/h6-8,11,14,16H,2,5,9-10H2,1,3-4H3. The van der Waals surface area contributed by atoms with Crippen LogP contribution in [0.2, 0.25) is 0 Å². The number of rotatable bonds is 7. The van der Waals surface area contributed by atoms with Crippen molar-refractivity contribution in [2.45, 2.75) is 32.7 Å². The molecule has 0 saturated heterocycles. The van der Waals surface area contributed by atoms with E-state index in [1.165, 1.54) is 11.1 Å². The smallest absolute Gasteiger partial charge is 0.119 e. The minimum atomic E-state index is 0.463. The first-order valence-corrected chi connectivity index (χ1v) is 6.16. The van der Waals surface area contributed by atoms with Gasteiger partial charge in [0, 0.05) is 6.04 Å². The summed E-state index contributed by atoms with van der Waals surface area (Å²) in [5.41, 5.74) is 2.52. The van der Waals surface area contributed by atoms with Crippen LogP contribution in [0, 0.1) is 0 Å². The molecule has 0 aliphatic rings. The molecule has 0 radical (unpaired) electrons. The lowest BCUT2D eigenvalue weighted by Crippen LogP contribution is -2.31. The van der Waals surface area contributed by atoms with Gasteiger partial charge in [-0.25, -0.2) is 0 Å². The zero-order chi connectivity index (χ0) is 12.7. The molecule has 0 amide bonds. The van der Waals surface area contributed by atoms with Gasteiger partial charge in [-0.2, -0.15) is 0 Å². The lowest BCUT2D eigenvalue weighted by Gasteiger charge is -2.18. The van der Waals surface area contributed by atoms with Crippen molar-refractivity contribution in [3.63, 3.8) is 0 Å². The van der Waals surface area contributed by atoms with Gasteiger partial charge in [-0.1, -0.05) is 24.6 Å². The molecular weight excluding hydrogens is 210 g/mol. The van der Waals surface area contributed by atoms with Gasteiger partial charge in [0.05, 0.1) is 7.11 Å². The second-order valence-electron chi connectivity index (χ2n) is 4.47. The summed E-state index contributed by atoms with van der Waals surface area (Å²) in [7, 11) is 1.70. The lowest BCUT2D eigenvalue weighted by molar-refractivity contribution is 0.413. The molecule has 1 atom stereocenters. The van der Waals surface area contributed by atoms with Crippen molar-refractivity contribution >= 4 is 0 Å². The maximum Gasteiger partial charge on any atom is 0.119 e. The average molecular weight is 233 g/mol. The maximum atomic E-state index is 5.24. The van der Waals surface area contributed by atoms with Crippen molar-refractivity contribution in [2.75, 3.05) is 13.7 Å². The summed E-state index contributed by atoms with van der Waals surface area (Å²) < 4.78 is 5.24. The van der Waals surface area contributed by atoms with Gasteiger partial charge in [0.25, 0.3) is 0 Å². The van der Waals surface area contributed by atoms with E-state index in [9.17, 15) is 0 Å². The first-order chi connectivity index (χ1) is 8.15. The van der Waals surface area contributed by atoms with Gasteiger partial charge < -0.3 is 10.1 Å². The largest absolute Gasteiger partial charge is 0.497 e. The van der Waals surface area contributed by atoms with Gasteiger partial charge in [0.2, 0.25) is 0 Å². The zero-order valence-electron chi connectivity index (χ0n) is 11.1. The third-order valence-corrected chi connectivity index (χ3v) is 2.70. The van der Waals surface area contributed by atoms with Crippen molar-refractivity contribution in [2.24, 2.45) is 0 Å². The molecule has 1 rings (SSSR count). The molecule has 0 spiro atoms. The van der Waals surface area contributed by atoms with Crippen LogP contribution < -0.4 is 10.1 Å². The Labute approximate surface area is 105 Å². The molecule has 1 aromatic rings. The van der Waals surface area contributed by atoms with Crippen LogP contribution in [0.1, 0.15) is 25.8 Å². The van der Waals surface area contributed by atoms with Gasteiger partial charge in [-0.3, -0.25) is 0 Å². The fourth-order valence-corrected chi connectivity index (χ4v) is 2.01. The summed E-state index contributed by atoms with van der Waals surface area (Å²) in [6.07, 6.45) is 2.03. The number of methoxy groups -OCH3 is 1. The average Bonchev–Trinajstić information content (AvgIpc) is 2.29. The summed E-state index contributed by atoms with van der Waals surface area (Å²) in [5, 5.41) is 3.50. The summed E-state index contributed by atoms with van der Waals surface area (Å²) in [5.74, 6) is 0.924. The van der Waals surface area contributed by atoms with E-state index in [0.717, 1.165) is 25.1 Å². The van der Waals surface area contributed by atoms with Crippen LogP contribution in [0.25, 0.3) is 0 Å². The molecular formula is C15H23NO. The molecule has 0 fully saturated rings. The van der Waals surface area contributed by atoms with Gasteiger partial charge in [0.15, 0.2) is 0 Å². The quantitative estimate of drug-likeness (QED) is 0.730. The van der Waals surface area contributed by atoms with Gasteiger partial charge in [0.1, 0.15) is 5.75 Å². The van der Waals surface area contributed by atoms with Gasteiger partial charge in [-0.05, 0) is 44.0 Å². The highest BCUT2D eigenvalue weighted by Gasteiger charge is 2.08. The molecule has 1 aromatic carbocycles. The molecule has 17 heavy (non-hydrogen) atoms. The van der Waals surface area contributed by atoms with E-state index in [-0.39, 0.29) is 0 Å². The topological polar surface area (TPSA) is 21.3 Å². The van der Waals surface area contributed by atoms with Crippen LogP contribution in [0.3, 0.4) is 0 Å². The van der Waals surface area contributed by atoms with Crippen LogP contribution in [0.15, 0.2) is 36.4 Å². The van der Waals surface area contributed by atoms with Crippen LogP contribution >= 0.6 is 0 Å². The van der Waals surface area contributed by atoms with Crippen molar-refractivity contribution in [1.82, 2.24) is 5.32 Å². The SMILES string of the molecule is C=C(C)CC(Cc1cccc(OC)c1)NCC. The molecule has 0 aliphatic heterocycles. The molecule has 1 N–H and O–H groups in total. The monoisotopic (exact) mass is 233 g/mol. The number of benzene rings is 1. The normalized spacial score (nSPS) is 12.2. The van der Waals surface area contributed by atoms with E-state index >= 15 is 0 Å². The second-order valence-corrected chi connectivity index (χ2v) is 4.47. The molecule has 2 heteroatoms. The Bertz CT molecular complexity index is 360. The highest BCUT2D eigenvalue weighted by atomic mass is 16.5. The first-order valence-electron chi connectivity index (χ1n) is 6.16. The Morgan fingerprint density at radius 2 is 2.24 bits per heavy atom. The molecule has 0 bridgehead atoms. The summed E-state index contributed by atoms with van der Waals surface area (Å²) >= 11 is 0. The number of hydrogen-bond acceptors (Lipinski definition) is 2. The molecule has 0 heterocycles. The van der Waals surface area contributed by atoms with E-state index in [2.05, 4.69) is 37.9 Å². The fraction of sp³-hybridized carbons (Fsp3) is 0.467. The van der Waals surface area contributed by atoms with E-state index in [4.69, 9.17) is 4.74 Å². The number of likely N-dealkylation sites (N-methyl/N-ethyl adjacent to an activating group) is 1. The Balaban J connectivity index is 2.67. The van der Waals surface area contributed by atoms with Crippen molar-refractivity contribution < 1.29 is 4.74 Å². The zero-order valence-corrected chi connectivity index (χ0v) is 11.1. The molecule has 94 valence electrons. The van der Waals surface area contributed by atoms with E-state index in [1.54, 1.807) is 7.11 Å². The van der Waals surface area contributed by atoms with Crippen molar-refractivity contribution in [1.29, 1.82) is 0 Å². The first kappa shape index (κ1) is 13.8. The Morgan fingerprint density at radius 1 is 1.47 bits per heavy atom. The number of nitrogens with one attached hydrogen (secondary N) is 1. The highest BCUT2D eigenvalue weighted by Crippen LogP contribution is 2.16. The Hall–Kier alpha value is -1.28. The van der Waals surface area contributed by atoms with Crippen LogP contribution in [0.4, 0.5) is 0 Å².